The zero-order valence-electron chi connectivity index (χ0n) is 15.7. The van der Waals surface area contributed by atoms with Crippen LogP contribution in [0.3, 0.4) is 0 Å². The lowest BCUT2D eigenvalue weighted by molar-refractivity contribution is 0.446. The molecule has 0 amide bonds. The molecule has 3 nitrogen and oxygen atoms in total. The van der Waals surface area contributed by atoms with Crippen molar-refractivity contribution in [1.82, 2.24) is 4.72 Å². The van der Waals surface area contributed by atoms with E-state index in [4.69, 9.17) is 0 Å². The summed E-state index contributed by atoms with van der Waals surface area (Å²) in [5.74, 6) is 1.11. The lowest BCUT2D eigenvalue weighted by Gasteiger charge is -2.27. The molecular weight excluding hydrogens is 382 g/mol. The Morgan fingerprint density at radius 3 is 2.15 bits per heavy atom. The van der Waals surface area contributed by atoms with E-state index in [2.05, 4.69) is 37.6 Å². The fourth-order valence-corrected chi connectivity index (χ4v) is 6.86. The summed E-state index contributed by atoms with van der Waals surface area (Å²) in [7, 11) is -0.0146. The fraction of sp³-hybridized carbons (Fsp3) is 0.400. The molecule has 142 valence electrons. The summed E-state index contributed by atoms with van der Waals surface area (Å²) < 4.78 is 28.4. The largest absolute Gasteiger partial charge is 0.240 e. The molecule has 0 aliphatic carbocycles. The van der Waals surface area contributed by atoms with Crippen LogP contribution in [0.25, 0.3) is 0 Å². The van der Waals surface area contributed by atoms with Crippen molar-refractivity contribution in [2.24, 2.45) is 5.92 Å². The highest BCUT2D eigenvalue weighted by Crippen LogP contribution is 2.33. The van der Waals surface area contributed by atoms with E-state index in [9.17, 15) is 8.42 Å². The van der Waals surface area contributed by atoms with Gasteiger partial charge in [-0.3, -0.25) is 0 Å². The Bertz CT molecular complexity index is 774. The summed E-state index contributed by atoms with van der Waals surface area (Å²) >= 11 is 0. The van der Waals surface area contributed by atoms with Gasteiger partial charge in [-0.2, -0.15) is 0 Å². The maximum atomic E-state index is 12.7. The number of hydrogen-bond donors (Lipinski definition) is 1. The minimum absolute atomic E-state index is 0.130. The summed E-state index contributed by atoms with van der Waals surface area (Å²) in [6.07, 6.45) is 0. The Labute approximate surface area is 165 Å². The van der Waals surface area contributed by atoms with E-state index in [0.29, 0.717) is 4.90 Å². The number of rotatable bonds is 9. The van der Waals surface area contributed by atoms with Gasteiger partial charge in [-0.1, -0.05) is 90.4 Å². The molecule has 0 saturated heterocycles. The molecule has 0 saturated carbocycles. The fourth-order valence-electron chi connectivity index (χ4n) is 2.58. The van der Waals surface area contributed by atoms with Crippen molar-refractivity contribution >= 4 is 31.6 Å². The van der Waals surface area contributed by atoms with Crippen LogP contribution in [0.4, 0.5) is 0 Å². The van der Waals surface area contributed by atoms with Gasteiger partial charge in [0, 0.05) is 17.0 Å². The second-order valence-corrected chi connectivity index (χ2v) is 11.2. The maximum absolute atomic E-state index is 12.7. The van der Waals surface area contributed by atoms with Gasteiger partial charge < -0.3 is 0 Å². The number of sulfonamides is 1. The third kappa shape index (κ3) is 6.34. The van der Waals surface area contributed by atoms with E-state index in [1.807, 2.05) is 37.3 Å². The van der Waals surface area contributed by atoms with Crippen LogP contribution < -0.4 is 4.72 Å². The smallest absolute Gasteiger partial charge is 0.207 e. The van der Waals surface area contributed by atoms with Crippen LogP contribution in [0.1, 0.15) is 31.9 Å². The monoisotopic (exact) mass is 409 g/mol. The number of benzene rings is 2. The summed E-state index contributed by atoms with van der Waals surface area (Å²) in [6, 6.07) is 17.2. The topological polar surface area (TPSA) is 46.2 Å². The average molecular weight is 410 g/mol. The van der Waals surface area contributed by atoms with Crippen LogP contribution in [0, 0.1) is 12.8 Å². The second-order valence-electron chi connectivity index (χ2n) is 6.75. The third-order valence-corrected chi connectivity index (χ3v) is 8.47. The minimum atomic E-state index is -3.52. The highest BCUT2D eigenvalue weighted by molar-refractivity contribution is 8.76. The van der Waals surface area contributed by atoms with Gasteiger partial charge in [0.15, 0.2) is 0 Å². The molecule has 0 aromatic heterocycles. The number of nitrogens with one attached hydrogen (secondary N) is 1. The molecule has 0 heterocycles. The molecule has 6 heteroatoms. The predicted molar refractivity (Wildman–Crippen MR) is 115 cm³/mol. The zero-order valence-corrected chi connectivity index (χ0v) is 18.1. The first-order chi connectivity index (χ1) is 12.3. The van der Waals surface area contributed by atoms with E-state index in [1.165, 1.54) is 5.56 Å². The highest BCUT2D eigenvalue weighted by Gasteiger charge is 2.27. The molecule has 0 spiro atoms. The first kappa shape index (κ1) is 21.4. The summed E-state index contributed by atoms with van der Waals surface area (Å²) in [5.41, 5.74) is 2.32. The maximum Gasteiger partial charge on any atom is 0.240 e. The van der Waals surface area contributed by atoms with Gasteiger partial charge in [-0.15, -0.1) is 0 Å². The quantitative estimate of drug-likeness (QED) is 0.573. The molecule has 26 heavy (non-hydrogen) atoms. The van der Waals surface area contributed by atoms with Crippen molar-refractivity contribution in [3.05, 3.63) is 65.7 Å². The van der Waals surface area contributed by atoms with Gasteiger partial charge in [0.05, 0.1) is 4.90 Å². The molecule has 0 aliphatic heterocycles. The van der Waals surface area contributed by atoms with Crippen LogP contribution >= 0.6 is 21.6 Å². The number of hydrogen-bond acceptors (Lipinski definition) is 4. The van der Waals surface area contributed by atoms with Gasteiger partial charge in [-0.25, -0.2) is 13.1 Å². The summed E-state index contributed by atoms with van der Waals surface area (Å²) in [6.45, 7) is 8.15. The molecule has 2 rings (SSSR count). The van der Waals surface area contributed by atoms with Gasteiger partial charge >= 0.3 is 0 Å². The first-order valence-corrected chi connectivity index (χ1v) is 12.6. The van der Waals surface area contributed by atoms with Crippen molar-refractivity contribution in [1.29, 1.82) is 0 Å². The van der Waals surface area contributed by atoms with Gasteiger partial charge in [0.25, 0.3) is 0 Å². The van der Waals surface area contributed by atoms with Crippen molar-refractivity contribution in [2.45, 2.75) is 49.6 Å². The molecule has 0 unspecified atom stereocenters. The highest BCUT2D eigenvalue weighted by atomic mass is 33.1. The molecular formula is C20H27NO2S3. The van der Waals surface area contributed by atoms with Crippen molar-refractivity contribution in [2.75, 3.05) is 0 Å². The van der Waals surface area contributed by atoms with E-state index in [-0.39, 0.29) is 17.2 Å². The van der Waals surface area contributed by atoms with Crippen LogP contribution in [0.5, 0.6) is 0 Å². The van der Waals surface area contributed by atoms with Crippen LogP contribution in [0.15, 0.2) is 59.5 Å². The lowest BCUT2D eigenvalue weighted by atomic mass is 10.0. The van der Waals surface area contributed by atoms with Crippen molar-refractivity contribution in [3.8, 4) is 0 Å². The molecule has 2 aromatic rings. The Hall–Kier alpha value is -0.950. The Morgan fingerprint density at radius 2 is 1.58 bits per heavy atom. The molecule has 2 aromatic carbocycles. The normalized spacial score (nSPS) is 14.3. The minimum Gasteiger partial charge on any atom is -0.207 e. The standard InChI is InChI=1S/C20H27NO2S3/c1-15(2)20(17(4)25-24-14-18-8-6-5-7-9-18)21-26(22,23)19-12-10-16(3)11-13-19/h5-13,15,17,20-21H,14H2,1-4H3/t17-,20+/m0/s1. The van der Waals surface area contributed by atoms with E-state index < -0.39 is 10.0 Å². The van der Waals surface area contributed by atoms with Crippen LogP contribution in [-0.4, -0.2) is 19.7 Å². The predicted octanol–water partition coefficient (Wildman–Crippen LogP) is 5.27. The molecule has 0 radical (unpaired) electrons. The molecule has 0 bridgehead atoms. The van der Waals surface area contributed by atoms with E-state index in [0.717, 1.165) is 11.3 Å². The molecule has 0 fully saturated rings. The van der Waals surface area contributed by atoms with Crippen LogP contribution in [-0.2, 0) is 15.8 Å². The van der Waals surface area contributed by atoms with Crippen molar-refractivity contribution in [3.63, 3.8) is 0 Å². The van der Waals surface area contributed by atoms with Gasteiger partial charge in [-0.05, 0) is 30.5 Å². The molecule has 2 atom stereocenters. The second kappa shape index (κ2) is 9.83. The lowest BCUT2D eigenvalue weighted by Crippen LogP contribution is -2.44. The SMILES string of the molecule is Cc1ccc(S(=O)(=O)N[C@H](C(C)C)[C@H](C)SSCc2ccccc2)cc1. The summed E-state index contributed by atoms with van der Waals surface area (Å²) in [4.78, 5) is 0.322. The zero-order chi connectivity index (χ0) is 19.2. The third-order valence-electron chi connectivity index (χ3n) is 4.13. The molecule has 0 aliphatic rings. The van der Waals surface area contributed by atoms with E-state index in [1.54, 1.807) is 33.7 Å². The molecule has 1 N–H and O–H groups in total. The number of aryl methyl sites for hydroxylation is 1. The average Bonchev–Trinajstić information content (AvgIpc) is 2.60. The van der Waals surface area contributed by atoms with Crippen LogP contribution in [0.2, 0.25) is 0 Å². The van der Waals surface area contributed by atoms with Crippen molar-refractivity contribution < 1.29 is 8.42 Å². The van der Waals surface area contributed by atoms with E-state index >= 15 is 0 Å². The van der Waals surface area contributed by atoms with Gasteiger partial charge in [0.2, 0.25) is 10.0 Å². The first-order valence-electron chi connectivity index (χ1n) is 8.71. The Balaban J connectivity index is 1.99. The Kier molecular flexibility index (Phi) is 8.07. The summed E-state index contributed by atoms with van der Waals surface area (Å²) in [5, 5.41) is 0.156. The van der Waals surface area contributed by atoms with Gasteiger partial charge in [0.1, 0.15) is 0 Å². The Morgan fingerprint density at radius 1 is 0.962 bits per heavy atom.